The van der Waals surface area contributed by atoms with Gasteiger partial charge in [0, 0.05) is 13.1 Å². The van der Waals surface area contributed by atoms with E-state index in [0.717, 1.165) is 16.9 Å². The van der Waals surface area contributed by atoms with Gasteiger partial charge in [0.15, 0.2) is 10.6 Å². The summed E-state index contributed by atoms with van der Waals surface area (Å²) < 4.78 is 18.6. The van der Waals surface area contributed by atoms with Crippen LogP contribution in [0.5, 0.6) is 0 Å². The lowest BCUT2D eigenvalue weighted by Gasteiger charge is -2.13. The summed E-state index contributed by atoms with van der Waals surface area (Å²) in [7, 11) is 1.87. The van der Waals surface area contributed by atoms with Crippen LogP contribution >= 0.6 is 34.8 Å². The van der Waals surface area contributed by atoms with Gasteiger partial charge in [0.2, 0.25) is 0 Å². The number of imidazole rings is 1. The number of hydrogen-bond acceptors (Lipinski definition) is 3. The van der Waals surface area contributed by atoms with Gasteiger partial charge in [-0.3, -0.25) is 0 Å². The lowest BCUT2D eigenvalue weighted by atomic mass is 10.2. The Bertz CT molecular complexity index is 849. The fourth-order valence-electron chi connectivity index (χ4n) is 2.29. The lowest BCUT2D eigenvalue weighted by Crippen LogP contribution is -2.12. The number of aromatic nitrogens is 5. The van der Waals surface area contributed by atoms with Gasteiger partial charge in [-0.1, -0.05) is 0 Å². The number of H-pyrrole nitrogens is 1. The van der Waals surface area contributed by atoms with Crippen LogP contribution in [0.4, 0.5) is 4.39 Å². The summed E-state index contributed by atoms with van der Waals surface area (Å²) in [5.74, 6) is 0.506. The Morgan fingerprint density at radius 1 is 1.45 bits per heavy atom. The first-order chi connectivity index (χ1) is 9.49. The highest BCUT2D eigenvalue weighted by atomic mass is 127. The molecule has 3 aromatic rings. The molecule has 104 valence electrons. The fraction of sp³-hybridized carbons (Fsp3) is 0.250. The van der Waals surface area contributed by atoms with Gasteiger partial charge in [-0.25, -0.2) is 4.39 Å². The monoisotopic (exact) mass is 403 g/mol. The molecule has 0 aliphatic heterocycles. The van der Waals surface area contributed by atoms with E-state index in [9.17, 15) is 4.39 Å². The molecular weight excluding hydrogens is 392 g/mol. The van der Waals surface area contributed by atoms with Crippen LogP contribution in [-0.2, 0) is 7.05 Å². The lowest BCUT2D eigenvalue weighted by molar-refractivity contribution is 0.578. The standard InChI is InChI=1S/C12H11FIN5S/c1-6(11-17-15-5-18(11)2)19-10-3-7(13)8(14)4-9(10)16-12(19)20/h3-6H,1-2H3,(H,16,20). The van der Waals surface area contributed by atoms with Gasteiger partial charge in [0.05, 0.1) is 20.6 Å². The highest BCUT2D eigenvalue weighted by Gasteiger charge is 2.18. The molecule has 0 bridgehead atoms. The number of hydrogen-bond donors (Lipinski definition) is 1. The van der Waals surface area contributed by atoms with E-state index in [4.69, 9.17) is 12.2 Å². The average molecular weight is 403 g/mol. The Balaban J connectivity index is 2.26. The molecule has 0 aliphatic rings. The van der Waals surface area contributed by atoms with Crippen molar-refractivity contribution in [1.29, 1.82) is 0 Å². The van der Waals surface area contributed by atoms with Gasteiger partial charge >= 0.3 is 0 Å². The molecule has 0 saturated heterocycles. The number of nitrogens with zero attached hydrogens (tertiary/aromatic N) is 4. The molecule has 0 aliphatic carbocycles. The van der Waals surface area contributed by atoms with Gasteiger partial charge in [0.1, 0.15) is 12.1 Å². The number of halogens is 2. The second kappa shape index (κ2) is 4.92. The number of nitrogens with one attached hydrogen (secondary N) is 1. The first kappa shape index (κ1) is 13.7. The Kier molecular flexibility index (Phi) is 3.36. The van der Waals surface area contributed by atoms with Crippen molar-refractivity contribution in [3.8, 4) is 0 Å². The maximum atomic E-state index is 13.8. The van der Waals surface area contributed by atoms with Crippen molar-refractivity contribution in [3.63, 3.8) is 0 Å². The molecule has 0 radical (unpaired) electrons. The summed E-state index contributed by atoms with van der Waals surface area (Å²) in [5.41, 5.74) is 1.54. The predicted molar refractivity (Wildman–Crippen MR) is 84.6 cm³/mol. The van der Waals surface area contributed by atoms with Gasteiger partial charge in [-0.15, -0.1) is 10.2 Å². The molecular formula is C12H11FIN5S. The number of rotatable bonds is 2. The quantitative estimate of drug-likeness (QED) is 0.528. The van der Waals surface area contributed by atoms with Crippen LogP contribution in [0, 0.1) is 14.2 Å². The molecule has 1 N–H and O–H groups in total. The summed E-state index contributed by atoms with van der Waals surface area (Å²) in [6.45, 7) is 1.96. The van der Waals surface area contributed by atoms with Crippen molar-refractivity contribution in [1.82, 2.24) is 24.3 Å². The third kappa shape index (κ3) is 2.06. The average Bonchev–Trinajstić information content (AvgIpc) is 2.93. The molecule has 2 aromatic heterocycles. The minimum Gasteiger partial charge on any atom is -0.331 e. The molecule has 0 spiro atoms. The van der Waals surface area contributed by atoms with Gasteiger partial charge in [0.25, 0.3) is 0 Å². The van der Waals surface area contributed by atoms with Crippen LogP contribution in [0.25, 0.3) is 11.0 Å². The zero-order valence-corrected chi connectivity index (χ0v) is 13.7. The van der Waals surface area contributed by atoms with E-state index >= 15 is 0 Å². The molecule has 1 aromatic carbocycles. The molecule has 8 heteroatoms. The van der Waals surface area contributed by atoms with Crippen molar-refractivity contribution in [3.05, 3.63) is 38.4 Å². The molecule has 2 heterocycles. The van der Waals surface area contributed by atoms with Crippen molar-refractivity contribution < 1.29 is 4.39 Å². The largest absolute Gasteiger partial charge is 0.331 e. The molecule has 20 heavy (non-hydrogen) atoms. The van der Waals surface area contributed by atoms with Crippen LogP contribution in [0.2, 0.25) is 0 Å². The van der Waals surface area contributed by atoms with Crippen LogP contribution in [0.3, 0.4) is 0 Å². The van der Waals surface area contributed by atoms with Crippen molar-refractivity contribution in [2.24, 2.45) is 7.05 Å². The third-order valence-electron chi connectivity index (χ3n) is 3.27. The maximum Gasteiger partial charge on any atom is 0.178 e. The van der Waals surface area contributed by atoms with E-state index in [1.165, 1.54) is 6.07 Å². The van der Waals surface area contributed by atoms with Gasteiger partial charge < -0.3 is 14.1 Å². The second-order valence-corrected chi connectivity index (χ2v) is 6.11. The summed E-state index contributed by atoms with van der Waals surface area (Å²) in [6, 6.07) is 3.11. The van der Waals surface area contributed by atoms with Crippen LogP contribution in [0.15, 0.2) is 18.5 Å². The van der Waals surface area contributed by atoms with Crippen LogP contribution in [-0.4, -0.2) is 24.3 Å². The molecule has 1 atom stereocenters. The summed E-state index contributed by atoms with van der Waals surface area (Å²) in [5, 5.41) is 7.97. The maximum absolute atomic E-state index is 13.8. The first-order valence-electron chi connectivity index (χ1n) is 5.92. The number of aromatic amines is 1. The minimum absolute atomic E-state index is 0.136. The third-order valence-corrected chi connectivity index (χ3v) is 4.39. The molecule has 1 unspecified atom stereocenters. The van der Waals surface area contributed by atoms with Crippen molar-refractivity contribution in [2.45, 2.75) is 13.0 Å². The molecule has 0 fully saturated rings. The summed E-state index contributed by atoms with van der Waals surface area (Å²) in [4.78, 5) is 3.11. The molecule has 5 nitrogen and oxygen atoms in total. The second-order valence-electron chi connectivity index (χ2n) is 4.56. The van der Waals surface area contributed by atoms with Crippen molar-refractivity contribution >= 4 is 45.8 Å². The molecule has 0 saturated carbocycles. The predicted octanol–water partition coefficient (Wildman–Crippen LogP) is 3.18. The van der Waals surface area contributed by atoms with Crippen LogP contribution < -0.4 is 0 Å². The number of fused-ring (bicyclic) bond motifs is 1. The normalized spacial score (nSPS) is 13.0. The van der Waals surface area contributed by atoms with E-state index < -0.39 is 0 Å². The Morgan fingerprint density at radius 3 is 2.85 bits per heavy atom. The molecule has 3 rings (SSSR count). The summed E-state index contributed by atoms with van der Waals surface area (Å²) >= 11 is 7.32. The Labute approximate surface area is 133 Å². The van der Waals surface area contributed by atoms with Gasteiger partial charge in [-0.2, -0.15) is 0 Å². The van der Waals surface area contributed by atoms with E-state index in [2.05, 4.69) is 15.2 Å². The van der Waals surface area contributed by atoms with E-state index in [1.807, 2.05) is 45.7 Å². The minimum atomic E-state index is -0.258. The highest BCUT2D eigenvalue weighted by Crippen LogP contribution is 2.25. The molecule has 0 amide bonds. The zero-order valence-electron chi connectivity index (χ0n) is 10.8. The van der Waals surface area contributed by atoms with E-state index in [1.54, 1.807) is 12.4 Å². The van der Waals surface area contributed by atoms with E-state index in [-0.39, 0.29) is 11.9 Å². The highest BCUT2D eigenvalue weighted by molar-refractivity contribution is 14.1. The number of aryl methyl sites for hydroxylation is 1. The summed E-state index contributed by atoms with van der Waals surface area (Å²) in [6.07, 6.45) is 1.63. The smallest absolute Gasteiger partial charge is 0.178 e. The zero-order chi connectivity index (χ0) is 14.4. The Morgan fingerprint density at radius 2 is 2.20 bits per heavy atom. The topological polar surface area (TPSA) is 51.4 Å². The number of benzene rings is 1. The fourth-order valence-corrected chi connectivity index (χ4v) is 3.12. The Hall–Kier alpha value is -1.29. The van der Waals surface area contributed by atoms with E-state index in [0.29, 0.717) is 8.34 Å². The first-order valence-corrected chi connectivity index (χ1v) is 7.41. The van der Waals surface area contributed by atoms with Gasteiger partial charge in [-0.05, 0) is 47.8 Å². The van der Waals surface area contributed by atoms with Crippen molar-refractivity contribution in [2.75, 3.05) is 0 Å². The van der Waals surface area contributed by atoms with Crippen LogP contribution in [0.1, 0.15) is 18.8 Å². The SMILES string of the molecule is CC(c1nncn1C)n1c(=S)[nH]c2cc(I)c(F)cc21.